The van der Waals surface area contributed by atoms with E-state index in [0.29, 0.717) is 17.2 Å². The molecule has 0 bridgehead atoms. The van der Waals surface area contributed by atoms with E-state index in [1.807, 2.05) is 19.9 Å². The average molecular weight is 292 g/mol. The molecule has 1 atom stereocenters. The molecule has 2 rings (SSSR count). The number of benzene rings is 1. The number of nitrogens with two attached hydrogens (primary N) is 1. The van der Waals surface area contributed by atoms with Crippen molar-refractivity contribution in [3.63, 3.8) is 0 Å². The van der Waals surface area contributed by atoms with Crippen molar-refractivity contribution in [3.05, 3.63) is 23.3 Å². The number of aliphatic hydroxyl groups excluding tert-OH is 1. The lowest BCUT2D eigenvalue weighted by Gasteiger charge is -2.35. The van der Waals surface area contributed by atoms with Crippen LogP contribution in [-0.2, 0) is 4.74 Å². The van der Waals surface area contributed by atoms with Gasteiger partial charge in [0.05, 0.1) is 18.8 Å². The highest BCUT2D eigenvalue weighted by Gasteiger charge is 2.24. The molecule has 1 aliphatic heterocycles. The lowest BCUT2D eigenvalue weighted by molar-refractivity contribution is 0.0602. The minimum absolute atomic E-state index is 0.258. The first-order valence-electron chi connectivity index (χ1n) is 7.35. The average Bonchev–Trinajstić information content (AvgIpc) is 2.49. The zero-order valence-corrected chi connectivity index (χ0v) is 12.9. The number of esters is 1. The molecule has 1 fully saturated rings. The third-order valence-corrected chi connectivity index (χ3v) is 4.36. The summed E-state index contributed by atoms with van der Waals surface area (Å²) in [6, 6.07) is 3.81. The van der Waals surface area contributed by atoms with Gasteiger partial charge in [-0.1, -0.05) is 0 Å². The van der Waals surface area contributed by atoms with Gasteiger partial charge in [0.1, 0.15) is 0 Å². The summed E-state index contributed by atoms with van der Waals surface area (Å²) >= 11 is 0. The van der Waals surface area contributed by atoms with Crippen molar-refractivity contribution in [2.24, 2.45) is 5.92 Å². The molecule has 0 aromatic heterocycles. The molecule has 1 aromatic carbocycles. The number of anilines is 2. The number of piperidine rings is 1. The number of rotatable bonds is 3. The van der Waals surface area contributed by atoms with Crippen molar-refractivity contribution >= 4 is 17.3 Å². The first kappa shape index (κ1) is 15.6. The fourth-order valence-corrected chi connectivity index (χ4v) is 2.88. The Labute approximate surface area is 125 Å². The Bertz CT molecular complexity index is 520. The maximum Gasteiger partial charge on any atom is 0.340 e. The second-order valence-corrected chi connectivity index (χ2v) is 5.78. The SMILES string of the molecule is COC(=O)c1cc(N2CCC(C(C)O)CC2)cc(C)c1N. The maximum atomic E-state index is 11.8. The summed E-state index contributed by atoms with van der Waals surface area (Å²) in [7, 11) is 1.36. The number of aryl methyl sites for hydroxylation is 1. The molecule has 0 aliphatic carbocycles. The van der Waals surface area contributed by atoms with Crippen molar-refractivity contribution in [2.45, 2.75) is 32.8 Å². The van der Waals surface area contributed by atoms with Crippen molar-refractivity contribution in [2.75, 3.05) is 30.8 Å². The van der Waals surface area contributed by atoms with Crippen LogP contribution in [0.2, 0.25) is 0 Å². The Kier molecular flexibility index (Phi) is 4.73. The first-order chi connectivity index (χ1) is 9.93. The van der Waals surface area contributed by atoms with Crippen molar-refractivity contribution < 1.29 is 14.6 Å². The van der Waals surface area contributed by atoms with E-state index in [-0.39, 0.29) is 6.10 Å². The largest absolute Gasteiger partial charge is 0.465 e. The van der Waals surface area contributed by atoms with E-state index < -0.39 is 5.97 Å². The van der Waals surface area contributed by atoms with Crippen LogP contribution in [0.15, 0.2) is 12.1 Å². The van der Waals surface area contributed by atoms with Gasteiger partial charge in [0.15, 0.2) is 0 Å². The van der Waals surface area contributed by atoms with E-state index in [4.69, 9.17) is 10.5 Å². The van der Waals surface area contributed by atoms with Gasteiger partial charge in [-0.05, 0) is 50.3 Å². The van der Waals surface area contributed by atoms with E-state index in [2.05, 4.69) is 4.90 Å². The van der Waals surface area contributed by atoms with E-state index in [1.165, 1.54) is 7.11 Å². The number of nitrogens with zero attached hydrogens (tertiary/aromatic N) is 1. The summed E-state index contributed by atoms with van der Waals surface area (Å²) < 4.78 is 4.79. The summed E-state index contributed by atoms with van der Waals surface area (Å²) in [6.07, 6.45) is 1.65. The highest BCUT2D eigenvalue weighted by Crippen LogP contribution is 2.30. The lowest BCUT2D eigenvalue weighted by atomic mass is 9.91. The van der Waals surface area contributed by atoms with Crippen LogP contribution in [0.4, 0.5) is 11.4 Å². The number of hydrogen-bond acceptors (Lipinski definition) is 5. The van der Waals surface area contributed by atoms with E-state index in [0.717, 1.165) is 37.2 Å². The Morgan fingerprint density at radius 3 is 2.57 bits per heavy atom. The van der Waals surface area contributed by atoms with E-state index in [1.54, 1.807) is 6.07 Å². The zero-order chi connectivity index (χ0) is 15.6. The van der Waals surface area contributed by atoms with Crippen molar-refractivity contribution in [1.82, 2.24) is 0 Å². The minimum Gasteiger partial charge on any atom is -0.465 e. The van der Waals surface area contributed by atoms with Gasteiger partial charge in [-0.25, -0.2) is 4.79 Å². The van der Waals surface area contributed by atoms with Gasteiger partial charge in [0.25, 0.3) is 0 Å². The molecular formula is C16H24N2O3. The van der Waals surface area contributed by atoms with Crippen LogP contribution in [-0.4, -0.2) is 37.4 Å². The second kappa shape index (κ2) is 6.35. The normalized spacial score (nSPS) is 17.6. The number of nitrogen functional groups attached to an aromatic ring is 1. The summed E-state index contributed by atoms with van der Waals surface area (Å²) in [5.74, 6) is -0.0486. The molecule has 0 spiro atoms. The van der Waals surface area contributed by atoms with Crippen LogP contribution in [0.1, 0.15) is 35.7 Å². The fourth-order valence-electron chi connectivity index (χ4n) is 2.88. The first-order valence-corrected chi connectivity index (χ1v) is 7.35. The number of carbonyl (C=O) groups excluding carboxylic acids is 1. The Hall–Kier alpha value is -1.75. The molecule has 1 unspecified atom stereocenters. The van der Waals surface area contributed by atoms with Gasteiger partial charge in [0.2, 0.25) is 0 Å². The maximum absolute atomic E-state index is 11.8. The van der Waals surface area contributed by atoms with Crippen LogP contribution >= 0.6 is 0 Å². The lowest BCUT2D eigenvalue weighted by Crippen LogP contribution is -2.37. The van der Waals surface area contributed by atoms with E-state index >= 15 is 0 Å². The second-order valence-electron chi connectivity index (χ2n) is 5.78. The molecule has 116 valence electrons. The summed E-state index contributed by atoms with van der Waals surface area (Å²) in [6.45, 7) is 5.50. The Balaban J connectivity index is 2.21. The predicted octanol–water partition coefficient (Wildman–Crippen LogP) is 1.96. The minimum atomic E-state index is -0.406. The standard InChI is InChI=1S/C16H24N2O3/c1-10-8-13(9-14(15(10)17)16(20)21-3)18-6-4-12(5-7-18)11(2)19/h8-9,11-12,19H,4-7,17H2,1-3H3. The monoisotopic (exact) mass is 292 g/mol. The van der Waals surface area contributed by atoms with Gasteiger partial charge in [-0.3, -0.25) is 0 Å². The Morgan fingerprint density at radius 1 is 1.43 bits per heavy atom. The van der Waals surface area contributed by atoms with Gasteiger partial charge in [0, 0.05) is 24.5 Å². The third-order valence-electron chi connectivity index (χ3n) is 4.36. The fraction of sp³-hybridized carbons (Fsp3) is 0.562. The molecule has 0 saturated carbocycles. The highest BCUT2D eigenvalue weighted by molar-refractivity contribution is 5.97. The molecular weight excluding hydrogens is 268 g/mol. The van der Waals surface area contributed by atoms with Crippen LogP contribution in [0, 0.1) is 12.8 Å². The molecule has 0 radical (unpaired) electrons. The Morgan fingerprint density at radius 2 is 2.05 bits per heavy atom. The summed E-state index contributed by atoms with van der Waals surface area (Å²) in [5, 5.41) is 9.67. The van der Waals surface area contributed by atoms with Gasteiger partial charge >= 0.3 is 5.97 Å². The van der Waals surface area contributed by atoms with Crippen LogP contribution in [0.25, 0.3) is 0 Å². The molecule has 21 heavy (non-hydrogen) atoms. The van der Waals surface area contributed by atoms with Gasteiger partial charge in [-0.15, -0.1) is 0 Å². The van der Waals surface area contributed by atoms with E-state index in [9.17, 15) is 9.90 Å². The number of carbonyl (C=O) groups is 1. The van der Waals surface area contributed by atoms with Crippen LogP contribution in [0.3, 0.4) is 0 Å². The van der Waals surface area contributed by atoms with Gasteiger partial charge in [-0.2, -0.15) is 0 Å². The predicted molar refractivity (Wildman–Crippen MR) is 83.5 cm³/mol. The number of ether oxygens (including phenoxy) is 1. The van der Waals surface area contributed by atoms with Crippen LogP contribution in [0.5, 0.6) is 0 Å². The molecule has 1 aromatic rings. The molecule has 3 N–H and O–H groups in total. The molecule has 1 aliphatic rings. The van der Waals surface area contributed by atoms with Gasteiger partial charge < -0.3 is 20.5 Å². The molecule has 1 heterocycles. The number of methoxy groups -OCH3 is 1. The van der Waals surface area contributed by atoms with Crippen LogP contribution < -0.4 is 10.6 Å². The smallest absolute Gasteiger partial charge is 0.340 e. The molecule has 1 saturated heterocycles. The quantitative estimate of drug-likeness (QED) is 0.658. The summed E-state index contributed by atoms with van der Waals surface area (Å²) in [4.78, 5) is 14.0. The summed E-state index contributed by atoms with van der Waals surface area (Å²) in [5.41, 5.74) is 8.74. The van der Waals surface area contributed by atoms with Crippen molar-refractivity contribution in [1.29, 1.82) is 0 Å². The highest BCUT2D eigenvalue weighted by atomic mass is 16.5. The number of hydrogen-bond donors (Lipinski definition) is 2. The number of aliphatic hydroxyl groups is 1. The zero-order valence-electron chi connectivity index (χ0n) is 12.9. The van der Waals surface area contributed by atoms with Crippen molar-refractivity contribution in [3.8, 4) is 0 Å². The molecule has 0 amide bonds. The molecule has 5 heteroatoms. The topological polar surface area (TPSA) is 75.8 Å². The third kappa shape index (κ3) is 3.29. The molecule has 5 nitrogen and oxygen atoms in total.